The summed E-state index contributed by atoms with van der Waals surface area (Å²) in [5, 5.41) is 0. The number of sulfonamides is 1. The van der Waals surface area contributed by atoms with Crippen LogP contribution in [-0.4, -0.2) is 40.0 Å². The van der Waals surface area contributed by atoms with Crippen molar-refractivity contribution in [2.75, 3.05) is 33.0 Å². The van der Waals surface area contributed by atoms with Gasteiger partial charge in [-0.05, 0) is 31.0 Å². The van der Waals surface area contributed by atoms with E-state index in [1.165, 1.54) is 18.5 Å². The number of rotatable bonds is 5. The first kappa shape index (κ1) is 14.9. The Morgan fingerprint density at radius 2 is 1.94 bits per heavy atom. The van der Waals surface area contributed by atoms with Crippen LogP contribution < -0.4 is 5.73 Å². The molecular weight excluding hydrogens is 252 g/mol. The third-order valence-electron chi connectivity index (χ3n) is 2.92. The average molecular weight is 272 g/mol. The van der Waals surface area contributed by atoms with Gasteiger partial charge in [-0.3, -0.25) is 0 Å². The second-order valence-electron chi connectivity index (χ2n) is 4.25. The molecule has 0 aliphatic rings. The zero-order chi connectivity index (χ0) is 13.9. The van der Waals surface area contributed by atoms with Gasteiger partial charge in [0.15, 0.2) is 0 Å². The molecule has 0 atom stereocenters. The van der Waals surface area contributed by atoms with Crippen molar-refractivity contribution in [1.82, 2.24) is 4.31 Å². The maximum atomic E-state index is 12.4. The van der Waals surface area contributed by atoms with Crippen LogP contribution in [0.25, 0.3) is 0 Å². The van der Waals surface area contributed by atoms with E-state index in [9.17, 15) is 8.42 Å². The van der Waals surface area contributed by atoms with E-state index in [1.54, 1.807) is 26.0 Å². The van der Waals surface area contributed by atoms with Gasteiger partial charge in [0.1, 0.15) is 0 Å². The van der Waals surface area contributed by atoms with Crippen molar-refractivity contribution in [3.05, 3.63) is 23.3 Å². The molecule has 0 amide bonds. The zero-order valence-corrected chi connectivity index (χ0v) is 12.0. The number of hydrogen-bond acceptors (Lipinski definition) is 4. The summed E-state index contributed by atoms with van der Waals surface area (Å²) in [6.07, 6.45) is 0. The smallest absolute Gasteiger partial charge is 0.243 e. The average Bonchev–Trinajstić information content (AvgIpc) is 2.31. The Hall–Kier alpha value is -1.11. The second-order valence-corrected chi connectivity index (χ2v) is 6.23. The van der Waals surface area contributed by atoms with Crippen LogP contribution in [0.15, 0.2) is 17.0 Å². The Labute approximate surface area is 109 Å². The molecule has 6 heteroatoms. The first-order chi connectivity index (χ1) is 8.32. The Kier molecular flexibility index (Phi) is 4.72. The van der Waals surface area contributed by atoms with E-state index in [-0.39, 0.29) is 0 Å². The summed E-state index contributed by atoms with van der Waals surface area (Å²) < 4.78 is 31.1. The lowest BCUT2D eigenvalue weighted by molar-refractivity contribution is 0.185. The number of hydrogen-bond donors (Lipinski definition) is 1. The fourth-order valence-corrected chi connectivity index (χ4v) is 3.34. The number of methoxy groups -OCH3 is 1. The Morgan fingerprint density at radius 1 is 1.33 bits per heavy atom. The second kappa shape index (κ2) is 5.69. The quantitative estimate of drug-likeness (QED) is 0.816. The number of ether oxygens (including phenoxy) is 1. The van der Waals surface area contributed by atoms with Gasteiger partial charge in [-0.25, -0.2) is 8.42 Å². The number of nitrogen functional groups attached to an aromatic ring is 1. The molecular formula is C12H20N2O3S. The van der Waals surface area contributed by atoms with Crippen LogP contribution in [0, 0.1) is 13.8 Å². The van der Waals surface area contributed by atoms with Crippen LogP contribution in [0.1, 0.15) is 11.1 Å². The maximum Gasteiger partial charge on any atom is 0.243 e. The fourth-order valence-electron chi connectivity index (χ4n) is 1.74. The molecule has 2 N–H and O–H groups in total. The van der Waals surface area contributed by atoms with E-state index in [4.69, 9.17) is 10.5 Å². The molecule has 102 valence electrons. The lowest BCUT2D eigenvalue weighted by Gasteiger charge is -2.20. The highest BCUT2D eigenvalue weighted by atomic mass is 32.2. The van der Waals surface area contributed by atoms with Crippen LogP contribution in [0.2, 0.25) is 0 Å². The summed E-state index contributed by atoms with van der Waals surface area (Å²) in [6, 6.07) is 3.44. The molecule has 0 spiro atoms. The minimum Gasteiger partial charge on any atom is -0.398 e. The van der Waals surface area contributed by atoms with Gasteiger partial charge in [-0.1, -0.05) is 6.07 Å². The van der Waals surface area contributed by atoms with Crippen molar-refractivity contribution >= 4 is 15.7 Å². The molecule has 18 heavy (non-hydrogen) atoms. The molecule has 0 saturated heterocycles. The van der Waals surface area contributed by atoms with E-state index in [1.807, 2.05) is 0 Å². The topological polar surface area (TPSA) is 72.6 Å². The summed E-state index contributed by atoms with van der Waals surface area (Å²) in [4.78, 5) is 0.293. The molecule has 1 aromatic rings. The minimum atomic E-state index is -3.52. The molecule has 0 bridgehead atoms. The van der Waals surface area contributed by atoms with Crippen LogP contribution in [0.3, 0.4) is 0 Å². The SMILES string of the molecule is COCCN(C)S(=O)(=O)c1c(C)ccc(N)c1C. The third kappa shape index (κ3) is 2.82. The standard InChI is InChI=1S/C12H20N2O3S/c1-9-5-6-11(13)10(2)12(9)18(15,16)14(3)7-8-17-4/h5-6H,7-8,13H2,1-4H3. The lowest BCUT2D eigenvalue weighted by Crippen LogP contribution is -2.31. The fraction of sp³-hybridized carbons (Fsp3) is 0.500. The van der Waals surface area contributed by atoms with Crippen LogP contribution in [0.4, 0.5) is 5.69 Å². The highest BCUT2D eigenvalue weighted by Crippen LogP contribution is 2.26. The maximum absolute atomic E-state index is 12.4. The minimum absolute atomic E-state index is 0.293. The van der Waals surface area contributed by atoms with Gasteiger partial charge >= 0.3 is 0 Å². The molecule has 5 nitrogen and oxygen atoms in total. The van der Waals surface area contributed by atoms with Crippen molar-refractivity contribution in [3.8, 4) is 0 Å². The predicted octanol–water partition coefficient (Wildman–Crippen LogP) is 1.15. The van der Waals surface area contributed by atoms with Crippen LogP contribution in [0.5, 0.6) is 0 Å². The zero-order valence-electron chi connectivity index (χ0n) is 11.2. The molecule has 0 aliphatic carbocycles. The van der Waals surface area contributed by atoms with Gasteiger partial charge in [-0.15, -0.1) is 0 Å². The normalized spacial score (nSPS) is 12.1. The largest absolute Gasteiger partial charge is 0.398 e. The number of nitrogens with two attached hydrogens (primary N) is 1. The van der Waals surface area contributed by atoms with E-state index < -0.39 is 10.0 Å². The molecule has 0 fully saturated rings. The Bertz CT molecular complexity index is 526. The molecule has 1 rings (SSSR count). The first-order valence-corrected chi connectivity index (χ1v) is 7.07. The summed E-state index contributed by atoms with van der Waals surface area (Å²) in [5.74, 6) is 0. The van der Waals surface area contributed by atoms with Crippen molar-refractivity contribution in [3.63, 3.8) is 0 Å². The molecule has 0 aliphatic heterocycles. The number of aryl methyl sites for hydroxylation is 1. The van der Waals surface area contributed by atoms with Gasteiger partial charge in [0.05, 0.1) is 11.5 Å². The van der Waals surface area contributed by atoms with Gasteiger partial charge in [0.2, 0.25) is 10.0 Å². The third-order valence-corrected chi connectivity index (χ3v) is 5.07. The predicted molar refractivity (Wildman–Crippen MR) is 72.0 cm³/mol. The number of anilines is 1. The summed E-state index contributed by atoms with van der Waals surface area (Å²) in [5.41, 5.74) is 7.56. The van der Waals surface area contributed by atoms with Crippen molar-refractivity contribution in [2.45, 2.75) is 18.7 Å². The van der Waals surface area contributed by atoms with Gasteiger partial charge < -0.3 is 10.5 Å². The van der Waals surface area contributed by atoms with Crippen molar-refractivity contribution in [2.24, 2.45) is 0 Å². The molecule has 0 radical (unpaired) electrons. The molecule has 0 heterocycles. The summed E-state index contributed by atoms with van der Waals surface area (Å²) in [7, 11) is -0.444. The molecule has 0 saturated carbocycles. The summed E-state index contributed by atoms with van der Waals surface area (Å²) >= 11 is 0. The molecule has 1 aromatic carbocycles. The monoisotopic (exact) mass is 272 g/mol. The van der Waals surface area contributed by atoms with Crippen LogP contribution >= 0.6 is 0 Å². The van der Waals surface area contributed by atoms with Gasteiger partial charge in [0.25, 0.3) is 0 Å². The van der Waals surface area contributed by atoms with E-state index in [0.29, 0.717) is 34.9 Å². The van der Waals surface area contributed by atoms with Gasteiger partial charge in [-0.2, -0.15) is 4.31 Å². The number of nitrogens with zero attached hydrogens (tertiary/aromatic N) is 1. The number of likely N-dealkylation sites (N-methyl/N-ethyl adjacent to an activating group) is 1. The molecule has 0 aromatic heterocycles. The molecule has 0 unspecified atom stereocenters. The summed E-state index contributed by atoms with van der Waals surface area (Å²) in [6.45, 7) is 4.16. The van der Waals surface area contributed by atoms with Gasteiger partial charge in [0, 0.05) is 26.4 Å². The van der Waals surface area contributed by atoms with E-state index >= 15 is 0 Å². The first-order valence-electron chi connectivity index (χ1n) is 5.63. The lowest BCUT2D eigenvalue weighted by atomic mass is 10.1. The van der Waals surface area contributed by atoms with Crippen LogP contribution in [-0.2, 0) is 14.8 Å². The van der Waals surface area contributed by atoms with E-state index in [2.05, 4.69) is 0 Å². The highest BCUT2D eigenvalue weighted by molar-refractivity contribution is 7.89. The highest BCUT2D eigenvalue weighted by Gasteiger charge is 2.25. The van der Waals surface area contributed by atoms with Crippen molar-refractivity contribution < 1.29 is 13.2 Å². The van der Waals surface area contributed by atoms with Crippen molar-refractivity contribution in [1.29, 1.82) is 0 Å². The number of benzene rings is 1. The van der Waals surface area contributed by atoms with E-state index in [0.717, 1.165) is 0 Å². The Morgan fingerprint density at radius 3 is 2.50 bits per heavy atom. The Balaban J connectivity index is 3.24.